The summed E-state index contributed by atoms with van der Waals surface area (Å²) < 4.78 is 0.699. The predicted molar refractivity (Wildman–Crippen MR) is 46.4 cm³/mol. The van der Waals surface area contributed by atoms with Crippen LogP contribution in [0.5, 0.6) is 0 Å². The number of rotatable bonds is 2. The van der Waals surface area contributed by atoms with E-state index in [-0.39, 0.29) is 11.4 Å². The zero-order chi connectivity index (χ0) is 9.14. The number of nitrogens with zero attached hydrogens (tertiary/aromatic N) is 2. The summed E-state index contributed by atoms with van der Waals surface area (Å²) in [4.78, 5) is 17.9. The maximum Gasteiger partial charge on any atom is 0.338 e. The highest BCUT2D eigenvalue weighted by Gasteiger charge is 2.08. The van der Waals surface area contributed by atoms with E-state index in [4.69, 9.17) is 5.11 Å². The van der Waals surface area contributed by atoms with Gasteiger partial charge in [-0.05, 0) is 15.9 Å². The first-order valence-electron chi connectivity index (χ1n) is 3.01. The molecule has 1 rings (SSSR count). The Labute approximate surface area is 77.1 Å². The van der Waals surface area contributed by atoms with E-state index in [0.29, 0.717) is 4.47 Å². The SMILES string of the molecule is C=C(C(=O)O)c1ncc(Br)cn1. The van der Waals surface area contributed by atoms with Crippen molar-refractivity contribution in [1.29, 1.82) is 0 Å². The smallest absolute Gasteiger partial charge is 0.338 e. The molecule has 0 saturated heterocycles. The number of carboxylic acids is 1. The van der Waals surface area contributed by atoms with Crippen molar-refractivity contribution in [2.45, 2.75) is 0 Å². The molecule has 0 bridgehead atoms. The van der Waals surface area contributed by atoms with Gasteiger partial charge >= 0.3 is 5.97 Å². The lowest BCUT2D eigenvalue weighted by Gasteiger charge is -1.96. The molecule has 0 spiro atoms. The number of halogens is 1. The van der Waals surface area contributed by atoms with Gasteiger partial charge < -0.3 is 5.11 Å². The van der Waals surface area contributed by atoms with Gasteiger partial charge in [-0.3, -0.25) is 0 Å². The van der Waals surface area contributed by atoms with Gasteiger partial charge in [0.2, 0.25) is 0 Å². The van der Waals surface area contributed by atoms with Gasteiger partial charge in [-0.25, -0.2) is 14.8 Å². The van der Waals surface area contributed by atoms with Crippen LogP contribution >= 0.6 is 15.9 Å². The van der Waals surface area contributed by atoms with Crippen LogP contribution in [0.3, 0.4) is 0 Å². The molecule has 0 saturated carbocycles. The highest BCUT2D eigenvalue weighted by atomic mass is 79.9. The molecule has 0 radical (unpaired) electrons. The molecule has 12 heavy (non-hydrogen) atoms. The first-order chi connectivity index (χ1) is 5.61. The Morgan fingerprint density at radius 2 is 2.00 bits per heavy atom. The summed E-state index contributed by atoms with van der Waals surface area (Å²) in [6.07, 6.45) is 2.94. The lowest BCUT2D eigenvalue weighted by Crippen LogP contribution is -2.02. The molecule has 5 heteroatoms. The molecule has 0 aliphatic heterocycles. The van der Waals surface area contributed by atoms with E-state index < -0.39 is 5.97 Å². The van der Waals surface area contributed by atoms with Crippen LogP contribution in [0.1, 0.15) is 5.82 Å². The van der Waals surface area contributed by atoms with E-state index in [1.165, 1.54) is 12.4 Å². The van der Waals surface area contributed by atoms with Gasteiger partial charge in [0.15, 0.2) is 5.82 Å². The van der Waals surface area contributed by atoms with E-state index >= 15 is 0 Å². The number of aliphatic carboxylic acids is 1. The first-order valence-corrected chi connectivity index (χ1v) is 3.80. The standard InChI is InChI=1S/C7H5BrN2O2/c1-4(7(11)12)6-9-2-5(8)3-10-6/h2-3H,1H2,(H,11,12). The summed E-state index contributed by atoms with van der Waals surface area (Å²) in [7, 11) is 0. The van der Waals surface area contributed by atoms with Gasteiger partial charge in [0, 0.05) is 12.4 Å². The van der Waals surface area contributed by atoms with E-state index in [0.717, 1.165) is 0 Å². The fourth-order valence-corrected chi connectivity index (χ4v) is 0.769. The Bertz CT molecular complexity index is 321. The normalized spacial score (nSPS) is 9.42. The zero-order valence-electron chi connectivity index (χ0n) is 5.99. The highest BCUT2D eigenvalue weighted by molar-refractivity contribution is 9.10. The van der Waals surface area contributed by atoms with Crippen LogP contribution < -0.4 is 0 Å². The second kappa shape index (κ2) is 3.44. The molecule has 0 aliphatic carbocycles. The molecule has 0 aliphatic rings. The van der Waals surface area contributed by atoms with E-state index in [9.17, 15) is 4.79 Å². The third-order valence-electron chi connectivity index (χ3n) is 1.15. The summed E-state index contributed by atoms with van der Waals surface area (Å²) in [5.41, 5.74) is -0.109. The van der Waals surface area contributed by atoms with Crippen LogP contribution in [0.4, 0.5) is 0 Å². The summed E-state index contributed by atoms with van der Waals surface area (Å²) in [6, 6.07) is 0. The maximum atomic E-state index is 10.4. The van der Waals surface area contributed by atoms with Gasteiger partial charge in [0.25, 0.3) is 0 Å². The third-order valence-corrected chi connectivity index (χ3v) is 1.56. The lowest BCUT2D eigenvalue weighted by molar-refractivity contribution is -0.130. The number of carbonyl (C=O) groups is 1. The molecule has 0 aromatic carbocycles. The van der Waals surface area contributed by atoms with Crippen LogP contribution in [0.15, 0.2) is 23.4 Å². The molecule has 1 N–H and O–H groups in total. The summed E-state index contributed by atoms with van der Waals surface area (Å²) in [5, 5.41) is 8.51. The molecular formula is C7H5BrN2O2. The van der Waals surface area contributed by atoms with Crippen LogP contribution in [-0.2, 0) is 4.79 Å². The molecule has 1 aromatic heterocycles. The zero-order valence-corrected chi connectivity index (χ0v) is 7.58. The first kappa shape index (κ1) is 8.86. The maximum absolute atomic E-state index is 10.4. The van der Waals surface area contributed by atoms with Crippen LogP contribution in [0.25, 0.3) is 5.57 Å². The minimum atomic E-state index is -1.11. The Hall–Kier alpha value is -1.23. The minimum Gasteiger partial charge on any atom is -0.478 e. The van der Waals surface area contributed by atoms with E-state index in [1.807, 2.05) is 0 Å². The third kappa shape index (κ3) is 1.88. The summed E-state index contributed by atoms with van der Waals surface area (Å²) in [5.74, 6) is -0.983. The molecule has 0 unspecified atom stereocenters. The Morgan fingerprint density at radius 3 is 2.42 bits per heavy atom. The van der Waals surface area contributed by atoms with Crippen molar-refractivity contribution >= 4 is 27.5 Å². The largest absolute Gasteiger partial charge is 0.478 e. The van der Waals surface area contributed by atoms with Crippen LogP contribution in [-0.4, -0.2) is 21.0 Å². The molecule has 0 fully saturated rings. The molecule has 62 valence electrons. The second-order valence-corrected chi connectivity index (χ2v) is 2.92. The average molecular weight is 229 g/mol. The topological polar surface area (TPSA) is 63.1 Å². The molecule has 1 heterocycles. The Balaban J connectivity index is 2.98. The molecule has 4 nitrogen and oxygen atoms in total. The van der Waals surface area contributed by atoms with Crippen molar-refractivity contribution in [3.8, 4) is 0 Å². The molecule has 1 aromatic rings. The van der Waals surface area contributed by atoms with Crippen molar-refractivity contribution in [2.75, 3.05) is 0 Å². The van der Waals surface area contributed by atoms with Gasteiger partial charge in [0.05, 0.1) is 10.0 Å². The second-order valence-electron chi connectivity index (χ2n) is 2.01. The highest BCUT2D eigenvalue weighted by Crippen LogP contribution is 2.09. The van der Waals surface area contributed by atoms with Crippen molar-refractivity contribution in [3.63, 3.8) is 0 Å². The van der Waals surface area contributed by atoms with E-state index in [2.05, 4.69) is 32.5 Å². The Morgan fingerprint density at radius 1 is 1.50 bits per heavy atom. The monoisotopic (exact) mass is 228 g/mol. The molecule has 0 amide bonds. The lowest BCUT2D eigenvalue weighted by atomic mass is 10.3. The number of carboxylic acid groups (broad SMARTS) is 1. The Kier molecular flexibility index (Phi) is 2.54. The van der Waals surface area contributed by atoms with Crippen LogP contribution in [0.2, 0.25) is 0 Å². The van der Waals surface area contributed by atoms with Crippen molar-refractivity contribution in [2.24, 2.45) is 0 Å². The van der Waals surface area contributed by atoms with Crippen LogP contribution in [0, 0.1) is 0 Å². The van der Waals surface area contributed by atoms with Gasteiger partial charge in [-0.2, -0.15) is 0 Å². The molecule has 0 atom stereocenters. The van der Waals surface area contributed by atoms with Crippen molar-refractivity contribution in [3.05, 3.63) is 29.3 Å². The van der Waals surface area contributed by atoms with Gasteiger partial charge in [0.1, 0.15) is 0 Å². The summed E-state index contributed by atoms with van der Waals surface area (Å²) in [6.45, 7) is 3.31. The fourth-order valence-electron chi connectivity index (χ4n) is 0.564. The summed E-state index contributed by atoms with van der Waals surface area (Å²) >= 11 is 3.13. The van der Waals surface area contributed by atoms with Crippen molar-refractivity contribution < 1.29 is 9.90 Å². The number of hydrogen-bond acceptors (Lipinski definition) is 3. The predicted octanol–water partition coefficient (Wildman–Crippen LogP) is 1.34. The molecular weight excluding hydrogens is 224 g/mol. The van der Waals surface area contributed by atoms with Gasteiger partial charge in [-0.1, -0.05) is 6.58 Å². The quantitative estimate of drug-likeness (QED) is 0.777. The van der Waals surface area contributed by atoms with E-state index in [1.54, 1.807) is 0 Å². The minimum absolute atomic E-state index is 0.109. The van der Waals surface area contributed by atoms with Crippen molar-refractivity contribution in [1.82, 2.24) is 9.97 Å². The average Bonchev–Trinajstić information content (AvgIpc) is 2.04. The number of aromatic nitrogens is 2. The van der Waals surface area contributed by atoms with Gasteiger partial charge in [-0.15, -0.1) is 0 Å². The fraction of sp³-hybridized carbons (Fsp3) is 0. The number of hydrogen-bond donors (Lipinski definition) is 1.